The summed E-state index contributed by atoms with van der Waals surface area (Å²) in [5.74, 6) is 0.170. The predicted molar refractivity (Wildman–Crippen MR) is 128 cm³/mol. The van der Waals surface area contributed by atoms with Gasteiger partial charge >= 0.3 is 0 Å². The van der Waals surface area contributed by atoms with Crippen LogP contribution >= 0.6 is 0 Å². The molecule has 0 aliphatic rings. The largest absolute Gasteiger partial charge is 0.497 e. The van der Waals surface area contributed by atoms with Crippen molar-refractivity contribution in [1.29, 1.82) is 0 Å². The molecule has 0 aromatic heterocycles. The molecule has 0 aliphatic heterocycles. The van der Waals surface area contributed by atoms with Crippen LogP contribution in [0.25, 0.3) is 0 Å². The Morgan fingerprint density at radius 2 is 1.42 bits per heavy atom. The van der Waals surface area contributed by atoms with E-state index in [1.807, 2.05) is 13.8 Å². The van der Waals surface area contributed by atoms with E-state index in [2.05, 4.69) is 16.0 Å². The van der Waals surface area contributed by atoms with E-state index in [1.54, 1.807) is 67.8 Å². The van der Waals surface area contributed by atoms with Crippen LogP contribution in [0.3, 0.4) is 0 Å². The molecule has 0 saturated heterocycles. The van der Waals surface area contributed by atoms with Gasteiger partial charge in [-0.3, -0.25) is 9.59 Å². The Morgan fingerprint density at radius 3 is 2.00 bits per heavy atom. The minimum atomic E-state index is -0.292. The number of ether oxygens (including phenoxy) is 1. The second kappa shape index (κ2) is 11.2. The number of carbonyl (C=O) groups excluding carboxylic acids is 2. The number of nitrogens with one attached hydrogen (secondary N) is 3. The van der Waals surface area contributed by atoms with E-state index >= 15 is 0 Å². The fourth-order valence-electron chi connectivity index (χ4n) is 3.40. The van der Waals surface area contributed by atoms with E-state index in [-0.39, 0.29) is 36.1 Å². The highest BCUT2D eigenvalue weighted by Crippen LogP contribution is 2.22. The first-order valence-corrected chi connectivity index (χ1v) is 10.7. The lowest BCUT2D eigenvalue weighted by molar-refractivity contribution is -0.115. The summed E-state index contributed by atoms with van der Waals surface area (Å²) in [6.45, 7) is 4.17. The minimum Gasteiger partial charge on any atom is -0.497 e. The molecule has 3 rings (SSSR count). The molecule has 3 N–H and O–H groups in total. The van der Waals surface area contributed by atoms with Gasteiger partial charge in [-0.15, -0.1) is 0 Å². The van der Waals surface area contributed by atoms with Gasteiger partial charge in [0.25, 0.3) is 5.91 Å². The first-order chi connectivity index (χ1) is 15.9. The molecule has 0 heterocycles. The van der Waals surface area contributed by atoms with Crippen molar-refractivity contribution in [2.24, 2.45) is 5.92 Å². The molecular formula is C26H28FN3O3. The number of hydrogen-bond acceptors (Lipinski definition) is 4. The van der Waals surface area contributed by atoms with Gasteiger partial charge in [0.05, 0.1) is 13.7 Å². The van der Waals surface area contributed by atoms with Crippen molar-refractivity contribution < 1.29 is 18.7 Å². The van der Waals surface area contributed by atoms with E-state index in [0.29, 0.717) is 22.7 Å². The minimum absolute atomic E-state index is 0.0830. The summed E-state index contributed by atoms with van der Waals surface area (Å²) in [4.78, 5) is 24.8. The molecule has 0 radical (unpaired) electrons. The maximum atomic E-state index is 13.2. The summed E-state index contributed by atoms with van der Waals surface area (Å²) in [6, 6.07) is 19.9. The highest BCUT2D eigenvalue weighted by molar-refractivity contribution is 6.04. The van der Waals surface area contributed by atoms with Gasteiger partial charge in [-0.05, 0) is 72.1 Å². The van der Waals surface area contributed by atoms with E-state index in [1.165, 1.54) is 12.1 Å². The van der Waals surface area contributed by atoms with Gasteiger partial charge in [0.2, 0.25) is 5.91 Å². The molecule has 0 fully saturated rings. The lowest BCUT2D eigenvalue weighted by Gasteiger charge is -2.22. The Bertz CT molecular complexity index is 1070. The van der Waals surface area contributed by atoms with E-state index in [9.17, 15) is 14.0 Å². The highest BCUT2D eigenvalue weighted by atomic mass is 19.1. The molecule has 3 aromatic rings. The van der Waals surface area contributed by atoms with Crippen LogP contribution in [-0.4, -0.2) is 25.5 Å². The fourth-order valence-corrected chi connectivity index (χ4v) is 3.40. The fraction of sp³-hybridized carbons (Fsp3) is 0.231. The Hall–Kier alpha value is -3.71. The van der Waals surface area contributed by atoms with Gasteiger partial charge < -0.3 is 20.7 Å². The summed E-state index contributed by atoms with van der Waals surface area (Å²) in [7, 11) is 1.58. The molecular weight excluding hydrogens is 421 g/mol. The summed E-state index contributed by atoms with van der Waals surface area (Å²) in [5.41, 5.74) is 2.64. The molecule has 7 heteroatoms. The summed E-state index contributed by atoms with van der Waals surface area (Å²) >= 11 is 0. The number of carbonyl (C=O) groups is 2. The van der Waals surface area contributed by atoms with Gasteiger partial charge in [-0.2, -0.15) is 0 Å². The molecule has 2 amide bonds. The number of halogens is 1. The SMILES string of the molecule is COc1ccc(NC(=O)c2ccc(NC(=O)CNC(c3ccc(F)cc3)C(C)C)cc2)cc1. The average molecular weight is 450 g/mol. The van der Waals surface area contributed by atoms with Crippen LogP contribution in [0.1, 0.15) is 35.8 Å². The van der Waals surface area contributed by atoms with Crippen molar-refractivity contribution in [3.63, 3.8) is 0 Å². The molecule has 0 aliphatic carbocycles. The zero-order valence-electron chi connectivity index (χ0n) is 18.9. The predicted octanol–water partition coefficient (Wildman–Crippen LogP) is 5.01. The van der Waals surface area contributed by atoms with E-state index in [4.69, 9.17) is 4.74 Å². The second-order valence-corrected chi connectivity index (χ2v) is 7.96. The summed E-state index contributed by atoms with van der Waals surface area (Å²) in [6.07, 6.45) is 0. The molecule has 0 spiro atoms. The summed E-state index contributed by atoms with van der Waals surface area (Å²) in [5, 5.41) is 8.87. The van der Waals surface area contributed by atoms with E-state index in [0.717, 1.165) is 5.56 Å². The monoisotopic (exact) mass is 449 g/mol. The zero-order valence-corrected chi connectivity index (χ0v) is 18.9. The van der Waals surface area contributed by atoms with Crippen LogP contribution in [0.5, 0.6) is 5.75 Å². The topological polar surface area (TPSA) is 79.5 Å². The Kier molecular flexibility index (Phi) is 8.16. The molecule has 1 atom stereocenters. The van der Waals surface area contributed by atoms with E-state index < -0.39 is 0 Å². The average Bonchev–Trinajstić information content (AvgIpc) is 2.81. The van der Waals surface area contributed by atoms with Crippen molar-refractivity contribution in [3.05, 3.63) is 89.7 Å². The summed E-state index contributed by atoms with van der Waals surface area (Å²) < 4.78 is 18.3. The molecule has 1 unspecified atom stereocenters. The number of anilines is 2. The number of methoxy groups -OCH3 is 1. The quantitative estimate of drug-likeness (QED) is 0.429. The first-order valence-electron chi connectivity index (χ1n) is 10.7. The Labute approximate surface area is 193 Å². The van der Waals surface area contributed by atoms with Gasteiger partial charge in [0.1, 0.15) is 11.6 Å². The lowest BCUT2D eigenvalue weighted by Crippen LogP contribution is -2.33. The third-order valence-corrected chi connectivity index (χ3v) is 5.16. The van der Waals surface area contributed by atoms with Crippen molar-refractivity contribution in [2.75, 3.05) is 24.3 Å². The van der Waals surface area contributed by atoms with Crippen LogP contribution in [0.15, 0.2) is 72.8 Å². The van der Waals surface area contributed by atoms with Crippen LogP contribution < -0.4 is 20.7 Å². The van der Waals surface area contributed by atoms with Gasteiger partial charge in [-0.25, -0.2) is 4.39 Å². The third-order valence-electron chi connectivity index (χ3n) is 5.16. The molecule has 33 heavy (non-hydrogen) atoms. The maximum Gasteiger partial charge on any atom is 0.255 e. The van der Waals surface area contributed by atoms with Gasteiger partial charge in [0, 0.05) is 23.0 Å². The van der Waals surface area contributed by atoms with Crippen LogP contribution in [0.4, 0.5) is 15.8 Å². The number of amides is 2. The molecule has 0 saturated carbocycles. The number of hydrogen-bond donors (Lipinski definition) is 3. The number of rotatable bonds is 9. The molecule has 172 valence electrons. The third kappa shape index (κ3) is 6.89. The van der Waals surface area contributed by atoms with Crippen molar-refractivity contribution in [3.8, 4) is 5.75 Å². The second-order valence-electron chi connectivity index (χ2n) is 7.96. The number of benzene rings is 3. The zero-order chi connectivity index (χ0) is 23.8. The molecule has 0 bridgehead atoms. The van der Waals surface area contributed by atoms with Crippen molar-refractivity contribution >= 4 is 23.2 Å². The molecule has 3 aromatic carbocycles. The first kappa shape index (κ1) is 23.9. The van der Waals surface area contributed by atoms with Gasteiger partial charge in [-0.1, -0.05) is 26.0 Å². The highest BCUT2D eigenvalue weighted by Gasteiger charge is 2.17. The molecule has 6 nitrogen and oxygen atoms in total. The van der Waals surface area contributed by atoms with Crippen molar-refractivity contribution in [1.82, 2.24) is 5.32 Å². The van der Waals surface area contributed by atoms with Crippen LogP contribution in [0, 0.1) is 11.7 Å². The van der Waals surface area contributed by atoms with Gasteiger partial charge in [0.15, 0.2) is 0 Å². The lowest BCUT2D eigenvalue weighted by atomic mass is 9.96. The van der Waals surface area contributed by atoms with Crippen molar-refractivity contribution in [2.45, 2.75) is 19.9 Å². The van der Waals surface area contributed by atoms with Crippen LogP contribution in [-0.2, 0) is 4.79 Å². The maximum absolute atomic E-state index is 13.2. The smallest absolute Gasteiger partial charge is 0.255 e. The Balaban J connectivity index is 1.53. The normalized spacial score (nSPS) is 11.7. The standard InChI is InChI=1S/C26H28FN3O3/c1-17(2)25(18-4-8-20(27)9-5-18)28-16-24(31)29-21-10-6-19(7-11-21)26(32)30-22-12-14-23(33-3)15-13-22/h4-15,17,25,28H,16H2,1-3H3,(H,29,31)(H,30,32). The Morgan fingerprint density at radius 1 is 0.848 bits per heavy atom. The van der Waals surface area contributed by atoms with Crippen LogP contribution in [0.2, 0.25) is 0 Å².